The third kappa shape index (κ3) is 6.02. The van der Waals surface area contributed by atoms with E-state index < -0.39 is 0 Å². The van der Waals surface area contributed by atoms with E-state index in [2.05, 4.69) is 48.5 Å². The molecule has 2 heteroatoms. The largest absolute Gasteiger partial charge is 0.300 e. The molecule has 86 valence electrons. The van der Waals surface area contributed by atoms with Crippen LogP contribution in [0.4, 0.5) is 0 Å². The van der Waals surface area contributed by atoms with Crippen molar-refractivity contribution in [2.75, 3.05) is 18.4 Å². The maximum atomic E-state index is 3.56. The molecule has 0 fully saturated rings. The first kappa shape index (κ1) is 14.4. The normalized spacial score (nSPS) is 15.9. The van der Waals surface area contributed by atoms with E-state index in [0.29, 0.717) is 0 Å². The van der Waals surface area contributed by atoms with Gasteiger partial charge in [0.15, 0.2) is 0 Å². The SMILES string of the molecule is CCCCN(CC(C)CBr)C(C)CC. The fraction of sp³-hybridized carbons (Fsp3) is 1.00. The first-order chi connectivity index (χ1) is 6.65. The van der Waals surface area contributed by atoms with Gasteiger partial charge in [-0.3, -0.25) is 0 Å². The molecular weight excluding hydrogens is 238 g/mol. The van der Waals surface area contributed by atoms with Crippen molar-refractivity contribution >= 4 is 15.9 Å². The van der Waals surface area contributed by atoms with Crippen LogP contribution in [0, 0.1) is 5.92 Å². The Morgan fingerprint density at radius 2 is 1.86 bits per heavy atom. The second-order valence-corrected chi connectivity index (χ2v) is 5.01. The lowest BCUT2D eigenvalue weighted by Gasteiger charge is -2.30. The highest BCUT2D eigenvalue weighted by molar-refractivity contribution is 9.09. The van der Waals surface area contributed by atoms with Gasteiger partial charge in [0, 0.05) is 17.9 Å². The summed E-state index contributed by atoms with van der Waals surface area (Å²) >= 11 is 3.56. The summed E-state index contributed by atoms with van der Waals surface area (Å²) in [7, 11) is 0. The summed E-state index contributed by atoms with van der Waals surface area (Å²) in [5.74, 6) is 0.765. The van der Waals surface area contributed by atoms with Gasteiger partial charge in [-0.1, -0.05) is 43.1 Å². The molecule has 1 nitrogen and oxygen atoms in total. The maximum Gasteiger partial charge on any atom is 0.00692 e. The molecule has 0 saturated heterocycles. The van der Waals surface area contributed by atoms with Crippen molar-refractivity contribution in [1.82, 2.24) is 4.90 Å². The first-order valence-corrected chi connectivity index (χ1v) is 7.07. The van der Waals surface area contributed by atoms with Gasteiger partial charge in [0.05, 0.1) is 0 Å². The van der Waals surface area contributed by atoms with Gasteiger partial charge in [0.25, 0.3) is 0 Å². The number of halogens is 1. The van der Waals surface area contributed by atoms with E-state index in [1.165, 1.54) is 32.4 Å². The average Bonchev–Trinajstić information content (AvgIpc) is 2.22. The molecule has 0 radical (unpaired) electrons. The van der Waals surface area contributed by atoms with Crippen LogP contribution in [0.2, 0.25) is 0 Å². The van der Waals surface area contributed by atoms with Crippen molar-refractivity contribution in [2.45, 2.75) is 53.0 Å². The van der Waals surface area contributed by atoms with E-state index >= 15 is 0 Å². The van der Waals surface area contributed by atoms with Crippen LogP contribution in [0.25, 0.3) is 0 Å². The molecular formula is C12H26BrN. The predicted molar refractivity (Wildman–Crippen MR) is 69.2 cm³/mol. The average molecular weight is 264 g/mol. The lowest BCUT2D eigenvalue weighted by atomic mass is 10.1. The Balaban J connectivity index is 3.96. The molecule has 14 heavy (non-hydrogen) atoms. The zero-order valence-corrected chi connectivity index (χ0v) is 11.8. The number of rotatable bonds is 8. The summed E-state index contributed by atoms with van der Waals surface area (Å²) in [5, 5.41) is 1.12. The molecule has 0 heterocycles. The minimum atomic E-state index is 0.739. The molecule has 0 aromatic carbocycles. The summed E-state index contributed by atoms with van der Waals surface area (Å²) in [6, 6.07) is 0.739. The van der Waals surface area contributed by atoms with Gasteiger partial charge in [-0.25, -0.2) is 0 Å². The third-order valence-electron chi connectivity index (χ3n) is 2.82. The van der Waals surface area contributed by atoms with Crippen LogP contribution < -0.4 is 0 Å². The zero-order chi connectivity index (χ0) is 11.0. The predicted octanol–water partition coefficient (Wildman–Crippen LogP) is 3.92. The first-order valence-electron chi connectivity index (χ1n) is 5.95. The molecule has 2 unspecified atom stereocenters. The minimum Gasteiger partial charge on any atom is -0.300 e. The van der Waals surface area contributed by atoms with Gasteiger partial charge < -0.3 is 4.90 Å². The van der Waals surface area contributed by atoms with E-state index in [0.717, 1.165) is 17.3 Å². The number of hydrogen-bond acceptors (Lipinski definition) is 1. The lowest BCUT2D eigenvalue weighted by molar-refractivity contribution is 0.181. The fourth-order valence-electron chi connectivity index (χ4n) is 1.56. The van der Waals surface area contributed by atoms with Gasteiger partial charge in [0.1, 0.15) is 0 Å². The second kappa shape index (κ2) is 8.72. The van der Waals surface area contributed by atoms with E-state index in [1.54, 1.807) is 0 Å². The minimum absolute atomic E-state index is 0.739. The van der Waals surface area contributed by atoms with Gasteiger partial charge >= 0.3 is 0 Å². The van der Waals surface area contributed by atoms with Crippen LogP contribution in [-0.4, -0.2) is 29.4 Å². The highest BCUT2D eigenvalue weighted by Gasteiger charge is 2.13. The molecule has 0 spiro atoms. The van der Waals surface area contributed by atoms with Crippen LogP contribution >= 0.6 is 15.9 Å². The Hall–Kier alpha value is 0.440. The van der Waals surface area contributed by atoms with Crippen LogP contribution in [0.15, 0.2) is 0 Å². The summed E-state index contributed by atoms with van der Waals surface area (Å²) in [5.41, 5.74) is 0. The lowest BCUT2D eigenvalue weighted by Crippen LogP contribution is -2.37. The Morgan fingerprint density at radius 3 is 2.29 bits per heavy atom. The van der Waals surface area contributed by atoms with E-state index in [1.807, 2.05) is 0 Å². The maximum absolute atomic E-state index is 3.56. The summed E-state index contributed by atoms with van der Waals surface area (Å²) < 4.78 is 0. The van der Waals surface area contributed by atoms with Gasteiger partial charge in [0.2, 0.25) is 0 Å². The van der Waals surface area contributed by atoms with Crippen molar-refractivity contribution in [2.24, 2.45) is 5.92 Å². The van der Waals surface area contributed by atoms with Crippen LogP contribution in [-0.2, 0) is 0 Å². The highest BCUT2D eigenvalue weighted by Crippen LogP contribution is 2.10. The van der Waals surface area contributed by atoms with Crippen molar-refractivity contribution < 1.29 is 0 Å². The number of nitrogens with zero attached hydrogens (tertiary/aromatic N) is 1. The molecule has 0 N–H and O–H groups in total. The molecule has 0 aromatic rings. The van der Waals surface area contributed by atoms with Crippen molar-refractivity contribution in [3.63, 3.8) is 0 Å². The summed E-state index contributed by atoms with van der Waals surface area (Å²) in [6.45, 7) is 11.7. The molecule has 0 aliphatic rings. The highest BCUT2D eigenvalue weighted by atomic mass is 79.9. The van der Waals surface area contributed by atoms with Crippen molar-refractivity contribution in [1.29, 1.82) is 0 Å². The molecule has 0 rings (SSSR count). The number of alkyl halides is 1. The quantitative estimate of drug-likeness (QED) is 0.601. The Bertz CT molecular complexity index is 127. The van der Waals surface area contributed by atoms with Crippen molar-refractivity contribution in [3.05, 3.63) is 0 Å². The van der Waals surface area contributed by atoms with E-state index in [-0.39, 0.29) is 0 Å². The van der Waals surface area contributed by atoms with E-state index in [4.69, 9.17) is 0 Å². The molecule has 0 aromatic heterocycles. The Kier molecular flexibility index (Phi) is 9.00. The van der Waals surface area contributed by atoms with E-state index in [9.17, 15) is 0 Å². The summed E-state index contributed by atoms with van der Waals surface area (Å²) in [4.78, 5) is 2.63. The Labute approximate surface area is 98.4 Å². The smallest absolute Gasteiger partial charge is 0.00692 e. The molecule has 0 saturated carbocycles. The van der Waals surface area contributed by atoms with Gasteiger partial charge in [-0.15, -0.1) is 0 Å². The van der Waals surface area contributed by atoms with Crippen LogP contribution in [0.3, 0.4) is 0 Å². The summed E-state index contributed by atoms with van der Waals surface area (Å²) in [6.07, 6.45) is 3.90. The monoisotopic (exact) mass is 263 g/mol. The van der Waals surface area contributed by atoms with Gasteiger partial charge in [-0.2, -0.15) is 0 Å². The van der Waals surface area contributed by atoms with Gasteiger partial charge in [-0.05, 0) is 32.2 Å². The third-order valence-corrected chi connectivity index (χ3v) is 3.93. The van der Waals surface area contributed by atoms with Crippen LogP contribution in [0.5, 0.6) is 0 Å². The number of unbranched alkanes of at least 4 members (excludes halogenated alkanes) is 1. The second-order valence-electron chi connectivity index (χ2n) is 4.37. The standard InChI is InChI=1S/C12H26BrN/c1-5-7-8-14(12(4)6-2)10-11(3)9-13/h11-12H,5-10H2,1-4H3. The Morgan fingerprint density at radius 1 is 1.21 bits per heavy atom. The molecule has 0 bridgehead atoms. The van der Waals surface area contributed by atoms with Crippen molar-refractivity contribution in [3.8, 4) is 0 Å². The fourth-order valence-corrected chi connectivity index (χ4v) is 1.76. The molecule has 2 atom stereocenters. The molecule has 0 aliphatic carbocycles. The zero-order valence-electron chi connectivity index (χ0n) is 10.2. The molecule has 0 aliphatic heterocycles. The van der Waals surface area contributed by atoms with Crippen LogP contribution in [0.1, 0.15) is 47.0 Å². The topological polar surface area (TPSA) is 3.24 Å². The number of hydrogen-bond donors (Lipinski definition) is 0. The molecule has 0 amide bonds.